The zero-order chi connectivity index (χ0) is 14.0. The number of alkyl halides is 1. The molecule has 0 aliphatic carbocycles. The van der Waals surface area contributed by atoms with Crippen LogP contribution in [0.1, 0.15) is 33.6 Å². The molecule has 110 valence electrons. The fourth-order valence-electron chi connectivity index (χ4n) is 3.11. The first-order chi connectivity index (χ1) is 8.96. The number of morpholine rings is 1. The summed E-state index contributed by atoms with van der Waals surface area (Å²) >= 11 is 3.46. The maximum atomic E-state index is 12.7. The van der Waals surface area contributed by atoms with Crippen LogP contribution >= 0.6 is 15.9 Å². The van der Waals surface area contributed by atoms with E-state index in [-0.39, 0.29) is 29.6 Å². The Morgan fingerprint density at radius 3 is 2.84 bits per heavy atom. The number of nitrogens with zero attached hydrogens (tertiary/aromatic N) is 1. The highest BCUT2D eigenvalue weighted by Crippen LogP contribution is 2.29. The molecule has 5 heteroatoms. The summed E-state index contributed by atoms with van der Waals surface area (Å²) in [5.41, 5.74) is -0.270. The van der Waals surface area contributed by atoms with E-state index in [1.54, 1.807) is 0 Å². The Morgan fingerprint density at radius 2 is 2.21 bits per heavy atom. The first-order valence-corrected chi connectivity index (χ1v) is 8.23. The molecule has 3 atom stereocenters. The topological polar surface area (TPSA) is 38.8 Å². The molecule has 0 aromatic heterocycles. The number of hydrogen-bond acceptors (Lipinski definition) is 3. The molecule has 2 rings (SSSR count). The van der Waals surface area contributed by atoms with E-state index in [1.165, 1.54) is 0 Å². The molecule has 0 saturated carbocycles. The van der Waals surface area contributed by atoms with Crippen LogP contribution in [0.5, 0.6) is 0 Å². The highest BCUT2D eigenvalue weighted by Gasteiger charge is 2.40. The standard InChI is InChI=1S/C14H24BrNO3/c1-4-12-11(5-6-18-12)13(17)16-8-10(7-15)19-14(2,3)9-16/h10-12H,4-9H2,1-3H3. The summed E-state index contributed by atoms with van der Waals surface area (Å²) in [6, 6.07) is 0. The van der Waals surface area contributed by atoms with E-state index in [0.29, 0.717) is 19.7 Å². The summed E-state index contributed by atoms with van der Waals surface area (Å²) in [7, 11) is 0. The van der Waals surface area contributed by atoms with Gasteiger partial charge in [-0.25, -0.2) is 0 Å². The van der Waals surface area contributed by atoms with Crippen molar-refractivity contribution in [2.75, 3.05) is 25.0 Å². The molecule has 0 spiro atoms. The maximum absolute atomic E-state index is 12.7. The van der Waals surface area contributed by atoms with Crippen molar-refractivity contribution in [3.05, 3.63) is 0 Å². The number of hydrogen-bond donors (Lipinski definition) is 0. The third-order valence-electron chi connectivity index (χ3n) is 3.89. The quantitative estimate of drug-likeness (QED) is 0.743. The normalized spacial score (nSPS) is 34.5. The van der Waals surface area contributed by atoms with Crippen LogP contribution in [-0.4, -0.2) is 53.6 Å². The Labute approximate surface area is 123 Å². The Hall–Kier alpha value is -0.130. The number of carbonyl (C=O) groups excluding carboxylic acids is 1. The lowest BCUT2D eigenvalue weighted by Gasteiger charge is -2.43. The predicted molar refractivity (Wildman–Crippen MR) is 77.5 cm³/mol. The van der Waals surface area contributed by atoms with Crippen molar-refractivity contribution in [2.45, 2.75) is 51.4 Å². The van der Waals surface area contributed by atoms with Crippen LogP contribution in [0.2, 0.25) is 0 Å². The highest BCUT2D eigenvalue weighted by atomic mass is 79.9. The first kappa shape index (κ1) is 15.3. The van der Waals surface area contributed by atoms with E-state index in [4.69, 9.17) is 9.47 Å². The van der Waals surface area contributed by atoms with Crippen LogP contribution in [-0.2, 0) is 14.3 Å². The molecular formula is C14H24BrNO3. The van der Waals surface area contributed by atoms with Gasteiger partial charge >= 0.3 is 0 Å². The third kappa shape index (κ3) is 3.50. The summed E-state index contributed by atoms with van der Waals surface area (Å²) in [4.78, 5) is 14.7. The fourth-order valence-corrected chi connectivity index (χ4v) is 3.45. The summed E-state index contributed by atoms with van der Waals surface area (Å²) < 4.78 is 11.6. The molecule has 3 unspecified atom stereocenters. The zero-order valence-corrected chi connectivity index (χ0v) is 13.6. The predicted octanol–water partition coefficient (Wildman–Crippen LogP) is 2.20. The van der Waals surface area contributed by atoms with Crippen LogP contribution < -0.4 is 0 Å². The summed E-state index contributed by atoms with van der Waals surface area (Å²) in [5, 5.41) is 0.762. The van der Waals surface area contributed by atoms with Crippen LogP contribution in [0, 0.1) is 5.92 Å². The molecule has 2 heterocycles. The lowest BCUT2D eigenvalue weighted by Crippen LogP contribution is -2.56. The molecule has 0 N–H and O–H groups in total. The molecule has 2 saturated heterocycles. The molecule has 19 heavy (non-hydrogen) atoms. The van der Waals surface area contributed by atoms with Gasteiger partial charge in [-0.3, -0.25) is 4.79 Å². The number of rotatable bonds is 3. The lowest BCUT2D eigenvalue weighted by atomic mass is 9.96. The molecule has 2 aliphatic rings. The molecule has 1 amide bonds. The smallest absolute Gasteiger partial charge is 0.228 e. The largest absolute Gasteiger partial charge is 0.377 e. The second kappa shape index (κ2) is 6.10. The minimum absolute atomic E-state index is 0.0369. The third-order valence-corrected chi connectivity index (χ3v) is 4.62. The Morgan fingerprint density at radius 1 is 1.47 bits per heavy atom. The first-order valence-electron chi connectivity index (χ1n) is 7.11. The number of carbonyl (C=O) groups is 1. The van der Waals surface area contributed by atoms with Gasteiger partial charge in [0.05, 0.1) is 23.7 Å². The molecule has 4 nitrogen and oxygen atoms in total. The van der Waals surface area contributed by atoms with E-state index in [2.05, 4.69) is 22.9 Å². The monoisotopic (exact) mass is 333 g/mol. The fraction of sp³-hybridized carbons (Fsp3) is 0.929. The maximum Gasteiger partial charge on any atom is 0.228 e. The van der Waals surface area contributed by atoms with Gasteiger partial charge in [0.1, 0.15) is 0 Å². The average Bonchev–Trinajstić information content (AvgIpc) is 2.84. The van der Waals surface area contributed by atoms with Crippen molar-refractivity contribution in [1.29, 1.82) is 0 Å². The minimum Gasteiger partial charge on any atom is -0.377 e. The molecule has 0 radical (unpaired) electrons. The van der Waals surface area contributed by atoms with Gasteiger partial charge in [0, 0.05) is 25.0 Å². The lowest BCUT2D eigenvalue weighted by molar-refractivity contribution is -0.162. The SMILES string of the molecule is CCC1OCCC1C(=O)N1CC(CBr)OC(C)(C)C1. The molecule has 0 aromatic rings. The Balaban J connectivity index is 2.05. The van der Waals surface area contributed by atoms with Crippen molar-refractivity contribution in [3.8, 4) is 0 Å². The van der Waals surface area contributed by atoms with Gasteiger partial charge < -0.3 is 14.4 Å². The van der Waals surface area contributed by atoms with E-state index in [0.717, 1.165) is 18.2 Å². The summed E-state index contributed by atoms with van der Waals surface area (Å²) in [6.45, 7) is 8.24. The molecular weight excluding hydrogens is 310 g/mol. The van der Waals surface area contributed by atoms with Crippen molar-refractivity contribution < 1.29 is 14.3 Å². The molecule has 2 fully saturated rings. The van der Waals surface area contributed by atoms with Gasteiger partial charge in [-0.1, -0.05) is 22.9 Å². The molecule has 0 bridgehead atoms. The average molecular weight is 334 g/mol. The van der Waals surface area contributed by atoms with Gasteiger partial charge in [0.25, 0.3) is 0 Å². The van der Waals surface area contributed by atoms with Crippen LogP contribution in [0.15, 0.2) is 0 Å². The van der Waals surface area contributed by atoms with Gasteiger partial charge in [0.2, 0.25) is 5.91 Å². The van der Waals surface area contributed by atoms with Crippen LogP contribution in [0.4, 0.5) is 0 Å². The number of halogens is 1. The zero-order valence-electron chi connectivity index (χ0n) is 12.0. The van der Waals surface area contributed by atoms with Crippen molar-refractivity contribution in [3.63, 3.8) is 0 Å². The van der Waals surface area contributed by atoms with Crippen molar-refractivity contribution in [2.24, 2.45) is 5.92 Å². The number of ether oxygens (including phenoxy) is 2. The van der Waals surface area contributed by atoms with Gasteiger partial charge in [-0.05, 0) is 26.7 Å². The van der Waals surface area contributed by atoms with E-state index >= 15 is 0 Å². The van der Waals surface area contributed by atoms with Crippen molar-refractivity contribution in [1.82, 2.24) is 4.90 Å². The van der Waals surface area contributed by atoms with E-state index in [1.807, 2.05) is 18.7 Å². The number of amides is 1. The van der Waals surface area contributed by atoms with Gasteiger partial charge in [-0.15, -0.1) is 0 Å². The second-order valence-corrected chi connectivity index (χ2v) is 6.73. The highest BCUT2D eigenvalue weighted by molar-refractivity contribution is 9.09. The van der Waals surface area contributed by atoms with Gasteiger partial charge in [0.15, 0.2) is 0 Å². The van der Waals surface area contributed by atoms with E-state index < -0.39 is 0 Å². The molecule has 0 aromatic carbocycles. The molecule has 2 aliphatic heterocycles. The Bertz CT molecular complexity index is 335. The minimum atomic E-state index is -0.270. The second-order valence-electron chi connectivity index (χ2n) is 6.09. The summed E-state index contributed by atoms with van der Waals surface area (Å²) in [6.07, 6.45) is 1.94. The van der Waals surface area contributed by atoms with E-state index in [9.17, 15) is 4.79 Å². The van der Waals surface area contributed by atoms with Gasteiger partial charge in [-0.2, -0.15) is 0 Å². The summed E-state index contributed by atoms with van der Waals surface area (Å²) in [5.74, 6) is 0.279. The van der Waals surface area contributed by atoms with Crippen molar-refractivity contribution >= 4 is 21.8 Å². The van der Waals surface area contributed by atoms with Crippen LogP contribution in [0.3, 0.4) is 0 Å². The van der Waals surface area contributed by atoms with Crippen LogP contribution in [0.25, 0.3) is 0 Å². The Kier molecular flexibility index (Phi) is 4.90.